The van der Waals surface area contributed by atoms with Gasteiger partial charge in [-0.05, 0) is 42.3 Å². The van der Waals surface area contributed by atoms with Gasteiger partial charge in [0.05, 0.1) is 6.04 Å². The smallest absolute Gasteiger partial charge is 0.277 e. The first kappa shape index (κ1) is 17.5. The first-order valence-corrected chi connectivity index (χ1v) is 9.22. The number of oxazole rings is 1. The van der Waals surface area contributed by atoms with Gasteiger partial charge in [-0.1, -0.05) is 34.1 Å². The summed E-state index contributed by atoms with van der Waals surface area (Å²) in [4.78, 5) is 19.8. The molecule has 2 aromatic carbocycles. The quantitative estimate of drug-likeness (QED) is 0.441. The molecule has 7 heteroatoms. The van der Waals surface area contributed by atoms with Crippen molar-refractivity contribution in [1.82, 2.24) is 9.97 Å². The third-order valence-electron chi connectivity index (χ3n) is 4.29. The largest absolute Gasteiger partial charge is 0.446 e. The molecule has 0 aliphatic rings. The molecule has 0 aliphatic carbocycles. The molecule has 6 nitrogen and oxygen atoms in total. The minimum absolute atomic E-state index is 0.197. The number of H-pyrrole nitrogens is 1. The van der Waals surface area contributed by atoms with Crippen molar-refractivity contribution in [2.45, 2.75) is 12.5 Å². The van der Waals surface area contributed by atoms with E-state index in [9.17, 15) is 4.79 Å². The van der Waals surface area contributed by atoms with Gasteiger partial charge in [-0.3, -0.25) is 4.79 Å². The van der Waals surface area contributed by atoms with Crippen LogP contribution in [0.25, 0.3) is 10.9 Å². The lowest BCUT2D eigenvalue weighted by Gasteiger charge is -2.06. The van der Waals surface area contributed by atoms with Crippen LogP contribution >= 0.6 is 15.9 Å². The van der Waals surface area contributed by atoms with Crippen LogP contribution in [0, 0.1) is 0 Å². The summed E-state index contributed by atoms with van der Waals surface area (Å²) in [6.45, 7) is 0. The molecule has 136 valence electrons. The Hall–Kier alpha value is -2.90. The third-order valence-corrected chi connectivity index (χ3v) is 4.82. The van der Waals surface area contributed by atoms with E-state index < -0.39 is 6.04 Å². The molecular formula is C20H17BrN4O2. The molecule has 4 N–H and O–H groups in total. The van der Waals surface area contributed by atoms with Crippen molar-refractivity contribution >= 4 is 38.4 Å². The molecule has 0 radical (unpaired) electrons. The van der Waals surface area contributed by atoms with Gasteiger partial charge in [-0.15, -0.1) is 0 Å². The number of nitrogens with one attached hydrogen (secondary N) is 2. The number of hydrogen-bond donors (Lipinski definition) is 3. The average molecular weight is 425 g/mol. The summed E-state index contributed by atoms with van der Waals surface area (Å²) in [6, 6.07) is 14.9. The van der Waals surface area contributed by atoms with E-state index >= 15 is 0 Å². The van der Waals surface area contributed by atoms with Gasteiger partial charge in [0, 0.05) is 27.3 Å². The summed E-state index contributed by atoms with van der Waals surface area (Å²) in [6.07, 6.45) is 3.82. The van der Waals surface area contributed by atoms with E-state index in [2.05, 4.69) is 31.2 Å². The molecule has 4 rings (SSSR count). The second kappa shape index (κ2) is 7.38. The lowest BCUT2D eigenvalue weighted by atomic mass is 10.1. The Morgan fingerprint density at radius 2 is 2.00 bits per heavy atom. The summed E-state index contributed by atoms with van der Waals surface area (Å²) in [7, 11) is 0. The number of carbonyl (C=O) groups is 1. The number of carbonyl (C=O) groups excluding carboxylic acids is 1. The van der Waals surface area contributed by atoms with Gasteiger partial charge in [-0.2, -0.15) is 0 Å². The van der Waals surface area contributed by atoms with Crippen LogP contribution < -0.4 is 11.1 Å². The summed E-state index contributed by atoms with van der Waals surface area (Å²) < 4.78 is 6.39. The van der Waals surface area contributed by atoms with Crippen molar-refractivity contribution in [1.29, 1.82) is 0 Å². The number of amides is 1. The molecule has 1 atom stereocenters. The zero-order chi connectivity index (χ0) is 18.8. The van der Waals surface area contributed by atoms with Crippen LogP contribution in [0.4, 0.5) is 5.69 Å². The van der Waals surface area contributed by atoms with Crippen molar-refractivity contribution in [3.63, 3.8) is 0 Å². The molecule has 0 spiro atoms. The van der Waals surface area contributed by atoms with Gasteiger partial charge < -0.3 is 20.5 Å². The Kier molecular flexibility index (Phi) is 4.79. The molecule has 2 heterocycles. The van der Waals surface area contributed by atoms with Crippen LogP contribution in [0.1, 0.15) is 28.0 Å². The molecule has 0 aliphatic heterocycles. The number of halogens is 1. The van der Waals surface area contributed by atoms with Crippen LogP contribution in [0.15, 0.2) is 69.9 Å². The van der Waals surface area contributed by atoms with E-state index in [0.29, 0.717) is 18.0 Å². The van der Waals surface area contributed by atoms with E-state index in [1.165, 1.54) is 6.26 Å². The normalized spacial score (nSPS) is 12.2. The zero-order valence-electron chi connectivity index (χ0n) is 14.3. The number of hydrogen-bond acceptors (Lipinski definition) is 4. The number of aromatic nitrogens is 2. The highest BCUT2D eigenvalue weighted by atomic mass is 79.9. The average Bonchev–Trinajstić information content (AvgIpc) is 3.32. The number of benzene rings is 2. The molecule has 27 heavy (non-hydrogen) atoms. The Balaban J connectivity index is 1.46. The SMILES string of the molecule is NC(Cc1c[nH]c2ccccc12)c1nc(C(=O)Nc2ccc(Br)cc2)co1. The molecule has 0 saturated carbocycles. The predicted molar refractivity (Wildman–Crippen MR) is 108 cm³/mol. The number of para-hydroxylation sites is 1. The minimum Gasteiger partial charge on any atom is -0.446 e. The maximum Gasteiger partial charge on any atom is 0.277 e. The molecule has 1 unspecified atom stereocenters. The first-order chi connectivity index (χ1) is 13.1. The highest BCUT2D eigenvalue weighted by molar-refractivity contribution is 9.10. The van der Waals surface area contributed by atoms with Gasteiger partial charge in [-0.25, -0.2) is 4.98 Å². The maximum absolute atomic E-state index is 12.3. The summed E-state index contributed by atoms with van der Waals surface area (Å²) in [5, 5.41) is 3.90. The van der Waals surface area contributed by atoms with Crippen LogP contribution in [-0.2, 0) is 6.42 Å². The summed E-state index contributed by atoms with van der Waals surface area (Å²) >= 11 is 3.36. The van der Waals surface area contributed by atoms with Gasteiger partial charge in [0.2, 0.25) is 5.89 Å². The van der Waals surface area contributed by atoms with E-state index in [-0.39, 0.29) is 11.6 Å². The van der Waals surface area contributed by atoms with Crippen LogP contribution in [-0.4, -0.2) is 15.9 Å². The molecule has 2 aromatic heterocycles. The van der Waals surface area contributed by atoms with Gasteiger partial charge in [0.15, 0.2) is 5.69 Å². The van der Waals surface area contributed by atoms with Crippen LogP contribution in [0.2, 0.25) is 0 Å². The molecule has 0 bridgehead atoms. The van der Waals surface area contributed by atoms with Gasteiger partial charge >= 0.3 is 0 Å². The fraction of sp³-hybridized carbons (Fsp3) is 0.100. The summed E-state index contributed by atoms with van der Waals surface area (Å²) in [5.41, 5.74) is 9.26. The van der Waals surface area contributed by atoms with Gasteiger partial charge in [0.1, 0.15) is 6.26 Å². The second-order valence-corrected chi connectivity index (χ2v) is 7.12. The number of nitrogens with zero attached hydrogens (tertiary/aromatic N) is 1. The molecule has 1 amide bonds. The molecular weight excluding hydrogens is 408 g/mol. The Morgan fingerprint density at radius 1 is 1.22 bits per heavy atom. The van der Waals surface area contributed by atoms with Crippen LogP contribution in [0.3, 0.4) is 0 Å². The molecule has 0 fully saturated rings. The van der Waals surface area contributed by atoms with Gasteiger partial charge in [0.25, 0.3) is 5.91 Å². The zero-order valence-corrected chi connectivity index (χ0v) is 15.9. The van der Waals surface area contributed by atoms with E-state index in [1.54, 1.807) is 12.1 Å². The number of anilines is 1. The van der Waals surface area contributed by atoms with E-state index in [0.717, 1.165) is 20.9 Å². The monoisotopic (exact) mass is 424 g/mol. The predicted octanol–water partition coefficient (Wildman–Crippen LogP) is 4.41. The summed E-state index contributed by atoms with van der Waals surface area (Å²) in [5.74, 6) is -0.00662. The van der Waals surface area contributed by atoms with Crippen molar-refractivity contribution in [2.75, 3.05) is 5.32 Å². The number of nitrogens with two attached hydrogens (primary N) is 1. The Morgan fingerprint density at radius 3 is 2.81 bits per heavy atom. The lowest BCUT2D eigenvalue weighted by Crippen LogP contribution is -2.15. The Labute approximate surface area is 163 Å². The number of aromatic amines is 1. The van der Waals surface area contributed by atoms with Crippen molar-refractivity contribution < 1.29 is 9.21 Å². The maximum atomic E-state index is 12.3. The van der Waals surface area contributed by atoms with Crippen LogP contribution in [0.5, 0.6) is 0 Å². The highest BCUT2D eigenvalue weighted by Crippen LogP contribution is 2.23. The third kappa shape index (κ3) is 3.79. The molecule has 0 saturated heterocycles. The number of rotatable bonds is 5. The first-order valence-electron chi connectivity index (χ1n) is 8.43. The fourth-order valence-electron chi connectivity index (χ4n) is 2.92. The minimum atomic E-state index is -0.446. The second-order valence-electron chi connectivity index (χ2n) is 6.20. The Bertz CT molecular complexity index is 1080. The van der Waals surface area contributed by atoms with Crippen molar-refractivity contribution in [3.05, 3.63) is 82.6 Å². The highest BCUT2D eigenvalue weighted by Gasteiger charge is 2.19. The van der Waals surface area contributed by atoms with Crippen molar-refractivity contribution in [2.24, 2.45) is 5.73 Å². The standard InChI is InChI=1S/C20H17BrN4O2/c21-13-5-7-14(8-6-13)24-19(26)18-11-27-20(25-18)16(22)9-12-10-23-17-4-2-1-3-15(12)17/h1-8,10-11,16,23H,9,22H2,(H,24,26). The molecule has 4 aromatic rings. The fourth-order valence-corrected chi connectivity index (χ4v) is 3.18. The van der Waals surface area contributed by atoms with E-state index in [4.69, 9.17) is 10.2 Å². The topological polar surface area (TPSA) is 96.9 Å². The van der Waals surface area contributed by atoms with E-state index in [1.807, 2.05) is 42.6 Å². The number of fused-ring (bicyclic) bond motifs is 1. The lowest BCUT2D eigenvalue weighted by molar-refractivity contribution is 0.102. The van der Waals surface area contributed by atoms with Crippen molar-refractivity contribution in [3.8, 4) is 0 Å².